The van der Waals surface area contributed by atoms with Gasteiger partial charge in [0.05, 0.1) is 11.3 Å². The van der Waals surface area contributed by atoms with Crippen molar-refractivity contribution in [3.63, 3.8) is 0 Å². The van der Waals surface area contributed by atoms with E-state index in [0.717, 1.165) is 44.0 Å². The number of hydrogen-bond acceptors (Lipinski definition) is 3. The lowest BCUT2D eigenvalue weighted by molar-refractivity contribution is -0.0886. The minimum Gasteiger partial charge on any atom is -0.374 e. The van der Waals surface area contributed by atoms with Gasteiger partial charge in [-0.15, -0.1) is 0 Å². The Bertz CT molecular complexity index is 447. The molecule has 1 unspecified atom stereocenters. The van der Waals surface area contributed by atoms with E-state index in [2.05, 4.69) is 36.6 Å². The summed E-state index contributed by atoms with van der Waals surface area (Å²) >= 11 is 0. The SMILES string of the molecule is CCOC1(C(N)Cc2cc(C)nn2CC)CCC(C)CC1. The van der Waals surface area contributed by atoms with Gasteiger partial charge in [-0.3, -0.25) is 4.68 Å². The van der Waals surface area contributed by atoms with Gasteiger partial charge in [0.1, 0.15) is 0 Å². The monoisotopic (exact) mass is 293 g/mol. The van der Waals surface area contributed by atoms with Gasteiger partial charge in [-0.1, -0.05) is 6.92 Å². The van der Waals surface area contributed by atoms with E-state index in [1.54, 1.807) is 0 Å². The Morgan fingerprint density at radius 1 is 1.43 bits per heavy atom. The van der Waals surface area contributed by atoms with Crippen LogP contribution in [0.2, 0.25) is 0 Å². The molecule has 4 nitrogen and oxygen atoms in total. The molecule has 21 heavy (non-hydrogen) atoms. The summed E-state index contributed by atoms with van der Waals surface area (Å²) in [6, 6.07) is 2.21. The van der Waals surface area contributed by atoms with Gasteiger partial charge in [0.2, 0.25) is 0 Å². The molecule has 1 aliphatic rings. The zero-order valence-electron chi connectivity index (χ0n) is 14.1. The summed E-state index contributed by atoms with van der Waals surface area (Å²) < 4.78 is 8.25. The quantitative estimate of drug-likeness (QED) is 0.877. The van der Waals surface area contributed by atoms with E-state index in [9.17, 15) is 0 Å². The minimum absolute atomic E-state index is 0.0475. The molecule has 1 saturated carbocycles. The number of aromatic nitrogens is 2. The fourth-order valence-electron chi connectivity index (χ4n) is 3.61. The van der Waals surface area contributed by atoms with Crippen molar-refractivity contribution in [3.8, 4) is 0 Å². The van der Waals surface area contributed by atoms with Crippen LogP contribution < -0.4 is 5.73 Å². The maximum absolute atomic E-state index is 6.61. The van der Waals surface area contributed by atoms with Gasteiger partial charge in [-0.05, 0) is 58.4 Å². The molecule has 1 aromatic rings. The number of ether oxygens (including phenoxy) is 1. The summed E-state index contributed by atoms with van der Waals surface area (Å²) in [4.78, 5) is 0. The molecule has 2 rings (SSSR count). The lowest BCUT2D eigenvalue weighted by Crippen LogP contribution is -2.53. The Labute approximate surface area is 129 Å². The largest absolute Gasteiger partial charge is 0.374 e. The van der Waals surface area contributed by atoms with Crippen LogP contribution in [-0.4, -0.2) is 28.0 Å². The average molecular weight is 293 g/mol. The molecule has 1 heterocycles. The predicted molar refractivity (Wildman–Crippen MR) is 86.3 cm³/mol. The fraction of sp³-hybridized carbons (Fsp3) is 0.824. The highest BCUT2D eigenvalue weighted by Gasteiger charge is 2.40. The molecule has 1 atom stereocenters. The third-order valence-corrected chi connectivity index (χ3v) is 4.94. The van der Waals surface area contributed by atoms with Crippen molar-refractivity contribution < 1.29 is 4.74 Å². The zero-order chi connectivity index (χ0) is 15.5. The maximum atomic E-state index is 6.61. The smallest absolute Gasteiger partial charge is 0.0836 e. The molecule has 0 saturated heterocycles. The normalized spacial score (nSPS) is 27.8. The van der Waals surface area contributed by atoms with Gasteiger partial charge in [-0.25, -0.2) is 0 Å². The Hall–Kier alpha value is -0.870. The molecule has 4 heteroatoms. The molecule has 1 fully saturated rings. The van der Waals surface area contributed by atoms with Crippen LogP contribution in [0.15, 0.2) is 6.07 Å². The Balaban J connectivity index is 2.13. The highest BCUT2D eigenvalue weighted by Crippen LogP contribution is 2.37. The van der Waals surface area contributed by atoms with Crippen molar-refractivity contribution in [2.45, 2.75) is 78.0 Å². The first-order valence-electron chi connectivity index (χ1n) is 8.43. The van der Waals surface area contributed by atoms with Crippen molar-refractivity contribution in [3.05, 3.63) is 17.5 Å². The van der Waals surface area contributed by atoms with Gasteiger partial charge in [0, 0.05) is 31.3 Å². The third-order valence-electron chi connectivity index (χ3n) is 4.94. The van der Waals surface area contributed by atoms with Crippen LogP contribution in [0.25, 0.3) is 0 Å². The second-order valence-corrected chi connectivity index (χ2v) is 6.58. The molecular weight excluding hydrogens is 262 g/mol. The van der Waals surface area contributed by atoms with E-state index in [0.29, 0.717) is 0 Å². The van der Waals surface area contributed by atoms with Crippen LogP contribution in [0.4, 0.5) is 0 Å². The highest BCUT2D eigenvalue weighted by atomic mass is 16.5. The van der Waals surface area contributed by atoms with Crippen LogP contribution in [0.1, 0.15) is 57.8 Å². The van der Waals surface area contributed by atoms with Crippen LogP contribution in [0.3, 0.4) is 0 Å². The molecule has 0 bridgehead atoms. The first-order valence-corrected chi connectivity index (χ1v) is 8.43. The highest BCUT2D eigenvalue weighted by molar-refractivity contribution is 5.12. The molecule has 0 aromatic carbocycles. The molecule has 0 amide bonds. The summed E-state index contributed by atoms with van der Waals surface area (Å²) in [5, 5.41) is 4.53. The number of nitrogens with zero attached hydrogens (tertiary/aromatic N) is 2. The van der Waals surface area contributed by atoms with E-state index in [1.807, 2.05) is 6.92 Å². The molecule has 2 N–H and O–H groups in total. The van der Waals surface area contributed by atoms with Crippen molar-refractivity contribution >= 4 is 0 Å². The number of nitrogens with two attached hydrogens (primary N) is 1. The van der Waals surface area contributed by atoms with Crippen molar-refractivity contribution in [2.24, 2.45) is 11.7 Å². The van der Waals surface area contributed by atoms with Gasteiger partial charge >= 0.3 is 0 Å². The minimum atomic E-state index is -0.141. The van der Waals surface area contributed by atoms with E-state index >= 15 is 0 Å². The van der Waals surface area contributed by atoms with Crippen LogP contribution >= 0.6 is 0 Å². The summed E-state index contributed by atoms with van der Waals surface area (Å²) in [5.74, 6) is 0.800. The molecule has 0 aliphatic heterocycles. The van der Waals surface area contributed by atoms with Crippen molar-refractivity contribution in [1.29, 1.82) is 0 Å². The standard InChI is InChI=1S/C17H31N3O/c1-5-20-15(11-14(4)19-20)12-16(18)17(21-6-2)9-7-13(3)8-10-17/h11,13,16H,5-10,12,18H2,1-4H3. The van der Waals surface area contributed by atoms with Gasteiger partial charge < -0.3 is 10.5 Å². The van der Waals surface area contributed by atoms with Crippen LogP contribution in [0, 0.1) is 12.8 Å². The number of rotatable bonds is 6. The molecule has 1 aliphatic carbocycles. The third kappa shape index (κ3) is 3.67. The van der Waals surface area contributed by atoms with Crippen molar-refractivity contribution in [1.82, 2.24) is 9.78 Å². The van der Waals surface area contributed by atoms with Crippen molar-refractivity contribution in [2.75, 3.05) is 6.61 Å². The van der Waals surface area contributed by atoms with E-state index in [-0.39, 0.29) is 11.6 Å². The second kappa shape index (κ2) is 6.93. The Morgan fingerprint density at radius 3 is 2.67 bits per heavy atom. The Morgan fingerprint density at radius 2 is 2.10 bits per heavy atom. The van der Waals surface area contributed by atoms with E-state index in [1.165, 1.54) is 18.5 Å². The molecule has 1 aromatic heterocycles. The van der Waals surface area contributed by atoms with E-state index < -0.39 is 0 Å². The second-order valence-electron chi connectivity index (χ2n) is 6.58. The topological polar surface area (TPSA) is 53.1 Å². The zero-order valence-corrected chi connectivity index (χ0v) is 14.1. The summed E-state index contributed by atoms with van der Waals surface area (Å²) in [6.07, 6.45) is 5.47. The van der Waals surface area contributed by atoms with Crippen LogP contribution in [0.5, 0.6) is 0 Å². The average Bonchev–Trinajstić information content (AvgIpc) is 2.81. The lowest BCUT2D eigenvalue weighted by atomic mass is 9.74. The summed E-state index contributed by atoms with van der Waals surface area (Å²) in [5.41, 5.74) is 8.78. The molecule has 0 radical (unpaired) electrons. The number of hydrogen-bond donors (Lipinski definition) is 1. The van der Waals surface area contributed by atoms with Gasteiger partial charge in [0.25, 0.3) is 0 Å². The first kappa shape index (κ1) is 16.5. The van der Waals surface area contributed by atoms with Gasteiger partial charge in [0.15, 0.2) is 0 Å². The summed E-state index contributed by atoms with van der Waals surface area (Å²) in [7, 11) is 0. The number of aryl methyl sites for hydroxylation is 2. The van der Waals surface area contributed by atoms with E-state index in [4.69, 9.17) is 10.5 Å². The molecular formula is C17H31N3O. The first-order chi connectivity index (χ1) is 10.0. The van der Waals surface area contributed by atoms with Gasteiger partial charge in [-0.2, -0.15) is 5.10 Å². The molecule has 0 spiro atoms. The predicted octanol–water partition coefficient (Wildman–Crippen LogP) is 3.07. The Kier molecular flexibility index (Phi) is 5.44. The van der Waals surface area contributed by atoms with Crippen LogP contribution in [-0.2, 0) is 17.7 Å². The fourth-order valence-corrected chi connectivity index (χ4v) is 3.61. The molecule has 120 valence electrons. The summed E-state index contributed by atoms with van der Waals surface area (Å²) in [6.45, 7) is 10.2. The lowest BCUT2D eigenvalue weighted by Gasteiger charge is -2.43. The maximum Gasteiger partial charge on any atom is 0.0836 e.